The van der Waals surface area contributed by atoms with E-state index in [1.165, 1.54) is 30.3 Å². The summed E-state index contributed by atoms with van der Waals surface area (Å²) in [6.07, 6.45) is -4.51. The number of hydrogen-bond donors (Lipinski definition) is 0. The van der Waals surface area contributed by atoms with E-state index in [4.69, 9.17) is 0 Å². The molecule has 0 heterocycles. The molecule has 0 N–H and O–H groups in total. The number of carbonyl (C=O) groups excluding carboxylic acids is 1. The minimum atomic E-state index is -4.92. The van der Waals surface area contributed by atoms with Gasteiger partial charge in [0.2, 0.25) is 0 Å². The zero-order valence-electron chi connectivity index (χ0n) is 10.8. The average molecular weight is 311 g/mol. The van der Waals surface area contributed by atoms with Crippen molar-refractivity contribution in [2.75, 3.05) is 0 Å². The van der Waals surface area contributed by atoms with Gasteiger partial charge in [-0.15, -0.1) is 13.2 Å². The highest BCUT2D eigenvalue weighted by Gasteiger charge is 2.33. The normalized spacial score (nSPS) is 11.0. The number of benzene rings is 2. The van der Waals surface area contributed by atoms with Gasteiger partial charge in [0.1, 0.15) is 12.0 Å². The van der Waals surface area contributed by atoms with Crippen LogP contribution in [0.4, 0.5) is 18.9 Å². The molecule has 0 amide bonds. The second-order valence-electron chi connectivity index (χ2n) is 4.20. The quantitative estimate of drug-likeness (QED) is 0.486. The van der Waals surface area contributed by atoms with Gasteiger partial charge in [-0.1, -0.05) is 24.3 Å². The lowest BCUT2D eigenvalue weighted by Gasteiger charge is -2.13. The maximum absolute atomic E-state index is 12.4. The van der Waals surface area contributed by atoms with Crippen molar-refractivity contribution in [3.05, 3.63) is 58.1 Å². The van der Waals surface area contributed by atoms with Gasteiger partial charge in [0.05, 0.1) is 10.5 Å². The Morgan fingerprint density at radius 1 is 1.09 bits per heavy atom. The van der Waals surface area contributed by atoms with Gasteiger partial charge >= 0.3 is 6.36 Å². The summed E-state index contributed by atoms with van der Waals surface area (Å²) >= 11 is 0. The van der Waals surface area contributed by atoms with Crippen LogP contribution in [-0.4, -0.2) is 17.6 Å². The van der Waals surface area contributed by atoms with Gasteiger partial charge in [-0.3, -0.25) is 14.9 Å². The fourth-order valence-electron chi connectivity index (χ4n) is 1.90. The first kappa shape index (κ1) is 15.5. The zero-order valence-corrected chi connectivity index (χ0v) is 10.8. The van der Waals surface area contributed by atoms with Crippen LogP contribution < -0.4 is 4.74 Å². The third kappa shape index (κ3) is 3.40. The highest BCUT2D eigenvalue weighted by Crippen LogP contribution is 2.38. The first-order valence-electron chi connectivity index (χ1n) is 5.90. The Balaban J connectivity index is 2.62. The van der Waals surface area contributed by atoms with Crippen LogP contribution >= 0.6 is 0 Å². The van der Waals surface area contributed by atoms with Gasteiger partial charge in [0.15, 0.2) is 0 Å². The summed E-state index contributed by atoms with van der Waals surface area (Å²) in [5, 5.41) is 11.1. The number of nitrogens with zero attached hydrogens (tertiary/aromatic N) is 1. The summed E-state index contributed by atoms with van der Waals surface area (Å²) in [5.41, 5.74) is -0.605. The Labute approximate surface area is 122 Å². The first-order chi connectivity index (χ1) is 10.3. The third-order valence-corrected chi connectivity index (χ3v) is 2.76. The minimum absolute atomic E-state index is 0.0460. The number of nitro benzene ring substituents is 1. The Hall–Kier alpha value is -2.90. The van der Waals surface area contributed by atoms with Gasteiger partial charge in [-0.25, -0.2) is 0 Å². The maximum atomic E-state index is 12.4. The highest BCUT2D eigenvalue weighted by atomic mass is 19.4. The molecule has 0 aliphatic carbocycles. The predicted octanol–water partition coefficient (Wildman–Crippen LogP) is 3.97. The van der Waals surface area contributed by atoms with Crippen LogP contribution in [0.1, 0.15) is 10.4 Å². The number of rotatable bonds is 4. The van der Waals surface area contributed by atoms with E-state index in [1.54, 1.807) is 0 Å². The van der Waals surface area contributed by atoms with Crippen LogP contribution in [0.2, 0.25) is 0 Å². The van der Waals surface area contributed by atoms with E-state index < -0.39 is 22.7 Å². The van der Waals surface area contributed by atoms with Gasteiger partial charge < -0.3 is 4.74 Å². The largest absolute Gasteiger partial charge is 0.573 e. The van der Waals surface area contributed by atoms with E-state index >= 15 is 0 Å². The smallest absolute Gasteiger partial charge is 0.405 e. The van der Waals surface area contributed by atoms with E-state index in [1.807, 2.05) is 0 Å². The monoisotopic (exact) mass is 311 g/mol. The molecule has 0 unspecified atom stereocenters. The molecule has 0 aromatic heterocycles. The minimum Gasteiger partial charge on any atom is -0.405 e. The van der Waals surface area contributed by atoms with Gasteiger partial charge in [0.25, 0.3) is 5.69 Å². The lowest BCUT2D eigenvalue weighted by molar-refractivity contribution is -0.384. The summed E-state index contributed by atoms with van der Waals surface area (Å²) < 4.78 is 41.1. The van der Waals surface area contributed by atoms with Crippen molar-refractivity contribution in [2.45, 2.75) is 6.36 Å². The summed E-state index contributed by atoms with van der Waals surface area (Å²) in [7, 11) is 0. The fraction of sp³-hybridized carbons (Fsp3) is 0.0714. The summed E-state index contributed by atoms with van der Waals surface area (Å²) in [6, 6.07) is 8.54. The van der Waals surface area contributed by atoms with Crippen LogP contribution in [0.15, 0.2) is 42.5 Å². The van der Waals surface area contributed by atoms with Crippen LogP contribution in [0.5, 0.6) is 5.75 Å². The highest BCUT2D eigenvalue weighted by molar-refractivity contribution is 5.84. The van der Waals surface area contributed by atoms with E-state index in [9.17, 15) is 28.1 Å². The second kappa shape index (κ2) is 5.84. The van der Waals surface area contributed by atoms with Crippen LogP contribution in [0.25, 0.3) is 11.1 Å². The van der Waals surface area contributed by atoms with Crippen molar-refractivity contribution in [1.29, 1.82) is 0 Å². The lowest BCUT2D eigenvalue weighted by Crippen LogP contribution is -2.17. The summed E-state index contributed by atoms with van der Waals surface area (Å²) in [6.45, 7) is 0. The molecule has 2 aromatic rings. The Bertz CT molecular complexity index is 728. The molecule has 0 atom stereocenters. The number of carbonyl (C=O) groups is 1. The first-order valence-corrected chi connectivity index (χ1v) is 5.90. The second-order valence-corrected chi connectivity index (χ2v) is 4.20. The maximum Gasteiger partial charge on any atom is 0.573 e. The van der Waals surface area contributed by atoms with E-state index in [2.05, 4.69) is 4.74 Å². The molecule has 8 heteroatoms. The number of ether oxygens (including phenoxy) is 1. The van der Waals surface area contributed by atoms with Crippen molar-refractivity contribution >= 4 is 12.0 Å². The van der Waals surface area contributed by atoms with Gasteiger partial charge in [0, 0.05) is 17.2 Å². The van der Waals surface area contributed by atoms with Crippen molar-refractivity contribution in [3.63, 3.8) is 0 Å². The molecule has 0 fully saturated rings. The van der Waals surface area contributed by atoms with Gasteiger partial charge in [-0.2, -0.15) is 0 Å². The van der Waals surface area contributed by atoms with Crippen molar-refractivity contribution in [2.24, 2.45) is 0 Å². The molecule has 2 rings (SSSR count). The summed E-state index contributed by atoms with van der Waals surface area (Å²) in [4.78, 5) is 21.0. The van der Waals surface area contributed by atoms with E-state index in [0.29, 0.717) is 6.29 Å². The molecule has 22 heavy (non-hydrogen) atoms. The lowest BCUT2D eigenvalue weighted by atomic mass is 10.0. The Morgan fingerprint density at radius 3 is 2.36 bits per heavy atom. The summed E-state index contributed by atoms with van der Waals surface area (Å²) in [5.74, 6) is -0.558. The van der Waals surface area contributed by atoms with Crippen molar-refractivity contribution < 1.29 is 27.6 Å². The topological polar surface area (TPSA) is 69.4 Å². The standard InChI is InChI=1S/C14H8F3NO4/c15-14(16,17)22-13-4-2-1-3-11(13)10-6-5-9(8-19)7-12(10)18(20)21/h1-8H. The molecule has 0 radical (unpaired) electrons. The number of alkyl halides is 3. The van der Waals surface area contributed by atoms with E-state index in [-0.39, 0.29) is 16.7 Å². The molecule has 0 bridgehead atoms. The van der Waals surface area contributed by atoms with Crippen molar-refractivity contribution in [3.8, 4) is 16.9 Å². The molecule has 0 aliphatic rings. The Kier molecular flexibility index (Phi) is 4.11. The molecular weight excluding hydrogens is 303 g/mol. The third-order valence-electron chi connectivity index (χ3n) is 2.76. The number of nitro groups is 1. The number of hydrogen-bond acceptors (Lipinski definition) is 4. The number of halogens is 3. The van der Waals surface area contributed by atoms with E-state index in [0.717, 1.165) is 12.1 Å². The van der Waals surface area contributed by atoms with Crippen LogP contribution in [0, 0.1) is 10.1 Å². The molecule has 5 nitrogen and oxygen atoms in total. The average Bonchev–Trinajstić information content (AvgIpc) is 2.45. The van der Waals surface area contributed by atoms with Crippen LogP contribution in [-0.2, 0) is 0 Å². The predicted molar refractivity (Wildman–Crippen MR) is 70.6 cm³/mol. The molecule has 0 spiro atoms. The molecule has 0 aliphatic heterocycles. The number of aldehydes is 1. The van der Waals surface area contributed by atoms with Gasteiger partial charge in [-0.05, 0) is 12.1 Å². The zero-order chi connectivity index (χ0) is 16.3. The molecule has 114 valence electrons. The molecule has 0 saturated heterocycles. The molecule has 0 saturated carbocycles. The molecular formula is C14H8F3NO4. The Morgan fingerprint density at radius 2 is 1.77 bits per heavy atom. The SMILES string of the molecule is O=Cc1ccc(-c2ccccc2OC(F)(F)F)c([N+](=O)[O-])c1. The van der Waals surface area contributed by atoms with Crippen LogP contribution in [0.3, 0.4) is 0 Å². The molecule has 2 aromatic carbocycles. The number of para-hydroxylation sites is 1. The van der Waals surface area contributed by atoms with Crippen molar-refractivity contribution in [1.82, 2.24) is 0 Å². The fourth-order valence-corrected chi connectivity index (χ4v) is 1.90.